The van der Waals surface area contributed by atoms with E-state index in [1.165, 1.54) is 14.2 Å². The number of aromatic amines is 1. The number of hydrogen-bond acceptors (Lipinski definition) is 4. The van der Waals surface area contributed by atoms with E-state index in [4.69, 9.17) is 9.47 Å². The Morgan fingerprint density at radius 3 is 2.43 bits per heavy atom. The van der Waals surface area contributed by atoms with E-state index in [9.17, 15) is 9.59 Å². The van der Waals surface area contributed by atoms with E-state index < -0.39 is 0 Å². The van der Waals surface area contributed by atoms with Crippen LogP contribution >= 0.6 is 15.9 Å². The predicted octanol–water partition coefficient (Wildman–Crippen LogP) is 4.44. The first-order valence-corrected chi connectivity index (χ1v) is 10.4. The molecule has 0 saturated carbocycles. The van der Waals surface area contributed by atoms with E-state index in [0.29, 0.717) is 41.5 Å². The highest BCUT2D eigenvalue weighted by atomic mass is 79.9. The number of rotatable bonds is 5. The largest absolute Gasteiger partial charge is 0.493 e. The molecule has 0 aliphatic carbocycles. The highest BCUT2D eigenvalue weighted by Gasteiger charge is 2.25. The number of likely N-dealkylation sites (tertiary alicyclic amines) is 1. The molecular weight excluding hydrogens is 450 g/mol. The maximum atomic E-state index is 13.1. The number of nitrogens with one attached hydrogen (secondary N) is 2. The summed E-state index contributed by atoms with van der Waals surface area (Å²) < 4.78 is 11.7. The third-order valence-corrected chi connectivity index (χ3v) is 5.72. The maximum Gasteiger partial charge on any atom is 0.272 e. The van der Waals surface area contributed by atoms with E-state index >= 15 is 0 Å². The molecule has 2 N–H and O–H groups in total. The highest BCUT2D eigenvalue weighted by Crippen LogP contribution is 2.35. The van der Waals surface area contributed by atoms with Gasteiger partial charge in [0.05, 0.1) is 25.5 Å². The molecule has 8 heteroatoms. The third kappa shape index (κ3) is 3.87. The van der Waals surface area contributed by atoms with Gasteiger partial charge in [-0.2, -0.15) is 0 Å². The van der Waals surface area contributed by atoms with Crippen LogP contribution in [0.4, 0.5) is 5.69 Å². The first-order valence-electron chi connectivity index (χ1n) is 9.65. The topological polar surface area (TPSA) is 83.7 Å². The van der Waals surface area contributed by atoms with Crippen LogP contribution in [-0.2, 0) is 0 Å². The lowest BCUT2D eigenvalue weighted by Crippen LogP contribution is -2.29. The van der Waals surface area contributed by atoms with Crippen LogP contribution in [0.5, 0.6) is 11.5 Å². The molecule has 7 nitrogen and oxygen atoms in total. The molecule has 0 radical (unpaired) electrons. The van der Waals surface area contributed by atoms with Crippen LogP contribution in [0.1, 0.15) is 33.7 Å². The Hall–Kier alpha value is -3.00. The zero-order chi connectivity index (χ0) is 21.3. The third-order valence-electron chi connectivity index (χ3n) is 5.22. The molecule has 0 bridgehead atoms. The molecule has 30 heavy (non-hydrogen) atoms. The van der Waals surface area contributed by atoms with Gasteiger partial charge in [-0.3, -0.25) is 9.59 Å². The molecule has 3 aromatic rings. The number of H-pyrrole nitrogens is 1. The molecule has 156 valence electrons. The summed E-state index contributed by atoms with van der Waals surface area (Å²) in [5.41, 5.74) is 2.00. The van der Waals surface area contributed by atoms with Crippen molar-refractivity contribution in [3.63, 3.8) is 0 Å². The van der Waals surface area contributed by atoms with Gasteiger partial charge in [0.1, 0.15) is 5.69 Å². The summed E-state index contributed by atoms with van der Waals surface area (Å²) in [5.74, 6) is 0.397. The Morgan fingerprint density at radius 2 is 1.73 bits per heavy atom. The average molecular weight is 472 g/mol. The van der Waals surface area contributed by atoms with E-state index in [-0.39, 0.29) is 11.8 Å². The number of methoxy groups -OCH3 is 2. The normalized spacial score (nSPS) is 13.5. The monoisotopic (exact) mass is 471 g/mol. The van der Waals surface area contributed by atoms with Crippen molar-refractivity contribution in [2.24, 2.45) is 0 Å². The van der Waals surface area contributed by atoms with Gasteiger partial charge in [-0.05, 0) is 37.1 Å². The number of halogens is 1. The van der Waals surface area contributed by atoms with Gasteiger partial charge < -0.3 is 24.7 Å². The van der Waals surface area contributed by atoms with Crippen LogP contribution in [0.15, 0.2) is 40.9 Å². The average Bonchev–Trinajstić information content (AvgIpc) is 3.42. The fraction of sp³-hybridized carbons (Fsp3) is 0.273. The van der Waals surface area contributed by atoms with Gasteiger partial charge in [0.2, 0.25) is 0 Å². The van der Waals surface area contributed by atoms with Crippen molar-refractivity contribution in [1.29, 1.82) is 0 Å². The molecular formula is C22H22BrN3O4. The fourth-order valence-electron chi connectivity index (χ4n) is 3.66. The molecule has 2 amide bonds. The summed E-state index contributed by atoms with van der Waals surface area (Å²) in [6.45, 7) is 1.41. The van der Waals surface area contributed by atoms with Crippen molar-refractivity contribution >= 4 is 44.3 Å². The molecule has 0 atom stereocenters. The molecule has 0 unspecified atom stereocenters. The number of anilines is 1. The number of hydrogen-bond donors (Lipinski definition) is 2. The Labute approximate surface area is 182 Å². The summed E-state index contributed by atoms with van der Waals surface area (Å²) >= 11 is 3.43. The Bertz CT molecular complexity index is 1120. The summed E-state index contributed by atoms with van der Waals surface area (Å²) in [6, 6.07) is 10.8. The lowest BCUT2D eigenvalue weighted by molar-refractivity contribution is 0.0793. The standard InChI is InChI=1S/C22H22BrN3O4/c1-29-19-11-15(22(28)26-7-3-4-8-26)17(12-20(19)30-2)25-21(27)18-9-13-5-6-14(23)10-16(13)24-18/h5-6,9-12,24H,3-4,7-8H2,1-2H3,(H,25,27). The van der Waals surface area contributed by atoms with Crippen molar-refractivity contribution in [2.75, 3.05) is 32.6 Å². The zero-order valence-corrected chi connectivity index (χ0v) is 18.3. The van der Waals surface area contributed by atoms with Crippen molar-refractivity contribution in [2.45, 2.75) is 12.8 Å². The van der Waals surface area contributed by atoms with Gasteiger partial charge in [-0.1, -0.05) is 22.0 Å². The first-order chi connectivity index (χ1) is 14.5. The smallest absolute Gasteiger partial charge is 0.272 e. The van der Waals surface area contributed by atoms with E-state index in [1.54, 1.807) is 23.1 Å². The maximum absolute atomic E-state index is 13.1. The van der Waals surface area contributed by atoms with Crippen LogP contribution in [0.2, 0.25) is 0 Å². The van der Waals surface area contributed by atoms with Crippen LogP contribution in [0.3, 0.4) is 0 Å². The minimum absolute atomic E-state index is 0.135. The second kappa shape index (κ2) is 8.39. The summed E-state index contributed by atoms with van der Waals surface area (Å²) in [7, 11) is 3.03. The highest BCUT2D eigenvalue weighted by molar-refractivity contribution is 9.10. The second-order valence-corrected chi connectivity index (χ2v) is 8.04. The number of amides is 2. The fourth-order valence-corrected chi connectivity index (χ4v) is 4.02. The number of ether oxygens (including phenoxy) is 2. The number of benzene rings is 2. The Balaban J connectivity index is 1.70. The van der Waals surface area contributed by atoms with Gasteiger partial charge in [0, 0.05) is 34.5 Å². The van der Waals surface area contributed by atoms with Crippen molar-refractivity contribution in [3.8, 4) is 11.5 Å². The molecule has 1 saturated heterocycles. The van der Waals surface area contributed by atoms with Crippen LogP contribution < -0.4 is 14.8 Å². The lowest BCUT2D eigenvalue weighted by atomic mass is 10.1. The molecule has 4 rings (SSSR count). The molecule has 1 aliphatic rings. The number of nitrogens with zero attached hydrogens (tertiary/aromatic N) is 1. The number of carbonyl (C=O) groups is 2. The summed E-state index contributed by atoms with van der Waals surface area (Å²) in [4.78, 5) is 31.0. The predicted molar refractivity (Wildman–Crippen MR) is 119 cm³/mol. The Kier molecular flexibility index (Phi) is 5.67. The van der Waals surface area contributed by atoms with Gasteiger partial charge >= 0.3 is 0 Å². The molecule has 1 aromatic heterocycles. The van der Waals surface area contributed by atoms with Gasteiger partial charge in [-0.25, -0.2) is 0 Å². The number of fused-ring (bicyclic) bond motifs is 1. The van der Waals surface area contributed by atoms with Gasteiger partial charge in [0.25, 0.3) is 11.8 Å². The minimum Gasteiger partial charge on any atom is -0.493 e. The number of aromatic nitrogens is 1. The molecule has 0 spiro atoms. The van der Waals surface area contributed by atoms with Crippen molar-refractivity contribution < 1.29 is 19.1 Å². The van der Waals surface area contributed by atoms with Crippen LogP contribution in [0.25, 0.3) is 10.9 Å². The van der Waals surface area contributed by atoms with E-state index in [0.717, 1.165) is 28.2 Å². The second-order valence-electron chi connectivity index (χ2n) is 7.12. The molecule has 2 aromatic carbocycles. The minimum atomic E-state index is -0.343. The quantitative estimate of drug-likeness (QED) is 0.576. The van der Waals surface area contributed by atoms with Crippen LogP contribution in [0, 0.1) is 0 Å². The first kappa shape index (κ1) is 20.3. The Morgan fingerprint density at radius 1 is 1.03 bits per heavy atom. The molecule has 1 fully saturated rings. The molecule has 2 heterocycles. The van der Waals surface area contributed by atoms with Crippen molar-refractivity contribution in [3.05, 3.63) is 52.1 Å². The number of carbonyl (C=O) groups excluding carboxylic acids is 2. The van der Waals surface area contributed by atoms with Gasteiger partial charge in [-0.15, -0.1) is 0 Å². The zero-order valence-electron chi connectivity index (χ0n) is 16.8. The van der Waals surface area contributed by atoms with Crippen molar-refractivity contribution in [1.82, 2.24) is 9.88 Å². The van der Waals surface area contributed by atoms with Gasteiger partial charge in [0.15, 0.2) is 11.5 Å². The summed E-state index contributed by atoms with van der Waals surface area (Å²) in [5, 5.41) is 3.79. The van der Waals surface area contributed by atoms with E-state index in [2.05, 4.69) is 26.2 Å². The SMILES string of the molecule is COc1cc(NC(=O)c2cc3ccc(Br)cc3[nH]2)c(C(=O)N2CCCC2)cc1OC. The summed E-state index contributed by atoms with van der Waals surface area (Å²) in [6.07, 6.45) is 1.96. The molecule has 1 aliphatic heterocycles. The van der Waals surface area contributed by atoms with E-state index in [1.807, 2.05) is 18.2 Å². The van der Waals surface area contributed by atoms with Crippen LogP contribution in [-0.4, -0.2) is 49.0 Å². The lowest BCUT2D eigenvalue weighted by Gasteiger charge is -2.20.